The summed E-state index contributed by atoms with van der Waals surface area (Å²) in [5.74, 6) is 1.36. The molecule has 7 nitrogen and oxygen atoms in total. The molecule has 1 aliphatic carbocycles. The van der Waals surface area contributed by atoms with Gasteiger partial charge < -0.3 is 23.9 Å². The molecule has 0 spiro atoms. The molecule has 1 aliphatic rings. The molecular weight excluding hydrogens is 453 g/mol. The SMILES string of the molecule is COc1ccc(-c2nc(CNC(=O)c3ccccc3OCC(F)(F)F)co2)cc1OCC1CC1. The van der Waals surface area contributed by atoms with Crippen molar-refractivity contribution in [3.63, 3.8) is 0 Å². The highest BCUT2D eigenvalue weighted by molar-refractivity contribution is 5.96. The number of hydrogen-bond donors (Lipinski definition) is 1. The van der Waals surface area contributed by atoms with Gasteiger partial charge in [-0.25, -0.2) is 4.98 Å². The molecule has 0 aliphatic heterocycles. The topological polar surface area (TPSA) is 82.8 Å². The lowest BCUT2D eigenvalue weighted by Crippen LogP contribution is -2.25. The van der Waals surface area contributed by atoms with Crippen LogP contribution < -0.4 is 19.5 Å². The van der Waals surface area contributed by atoms with E-state index in [1.807, 2.05) is 0 Å². The summed E-state index contributed by atoms with van der Waals surface area (Å²) in [7, 11) is 1.57. The van der Waals surface area contributed by atoms with Crippen LogP contribution in [0.15, 0.2) is 53.1 Å². The number of carbonyl (C=O) groups is 1. The fourth-order valence-electron chi connectivity index (χ4n) is 3.14. The molecule has 4 rings (SSSR count). The van der Waals surface area contributed by atoms with Crippen molar-refractivity contribution in [2.45, 2.75) is 25.6 Å². The Hall–Kier alpha value is -3.69. The van der Waals surface area contributed by atoms with Crippen LogP contribution in [-0.2, 0) is 6.54 Å². The third-order valence-electron chi connectivity index (χ3n) is 5.09. The number of carbonyl (C=O) groups excluding carboxylic acids is 1. The predicted octanol–water partition coefficient (Wildman–Crippen LogP) is 5.01. The summed E-state index contributed by atoms with van der Waals surface area (Å²) in [5.41, 5.74) is 1.10. The number of benzene rings is 2. The maximum Gasteiger partial charge on any atom is 0.422 e. The molecule has 34 heavy (non-hydrogen) atoms. The fraction of sp³-hybridized carbons (Fsp3) is 0.333. The van der Waals surface area contributed by atoms with E-state index in [-0.39, 0.29) is 17.9 Å². The van der Waals surface area contributed by atoms with Gasteiger partial charge in [0.1, 0.15) is 12.0 Å². The Morgan fingerprint density at radius 3 is 2.65 bits per heavy atom. The van der Waals surface area contributed by atoms with Crippen LogP contribution in [-0.4, -0.2) is 37.4 Å². The lowest BCUT2D eigenvalue weighted by Gasteiger charge is -2.12. The first kappa shape index (κ1) is 23.5. The third-order valence-corrected chi connectivity index (χ3v) is 5.09. The van der Waals surface area contributed by atoms with Gasteiger partial charge in [0.15, 0.2) is 18.1 Å². The minimum Gasteiger partial charge on any atom is -0.493 e. The number of alkyl halides is 3. The molecule has 1 N–H and O–H groups in total. The molecule has 2 aromatic carbocycles. The van der Waals surface area contributed by atoms with E-state index in [0.29, 0.717) is 41.2 Å². The number of para-hydroxylation sites is 1. The molecule has 1 saturated carbocycles. The highest BCUT2D eigenvalue weighted by Crippen LogP contribution is 2.35. The van der Waals surface area contributed by atoms with Gasteiger partial charge in [0, 0.05) is 5.56 Å². The number of ether oxygens (including phenoxy) is 3. The number of rotatable bonds is 10. The number of nitrogens with zero attached hydrogens (tertiary/aromatic N) is 1. The molecular formula is C24H23F3N2O5. The van der Waals surface area contributed by atoms with Crippen molar-refractivity contribution in [3.8, 4) is 28.7 Å². The second-order valence-electron chi connectivity index (χ2n) is 7.85. The molecule has 0 atom stereocenters. The number of methoxy groups -OCH3 is 1. The standard InChI is InChI=1S/C24H23F3N2O5/c1-31-20-9-8-16(10-21(20)32-12-15-6-7-15)23-29-17(13-33-23)11-28-22(30)18-4-2-3-5-19(18)34-14-24(25,26)27/h2-5,8-10,13,15H,6-7,11-12,14H2,1H3,(H,28,30). The molecule has 180 valence electrons. The zero-order valence-corrected chi connectivity index (χ0v) is 18.4. The van der Waals surface area contributed by atoms with Gasteiger partial charge in [0.05, 0.1) is 31.5 Å². The van der Waals surface area contributed by atoms with Crippen molar-refractivity contribution >= 4 is 5.91 Å². The predicted molar refractivity (Wildman–Crippen MR) is 116 cm³/mol. The summed E-state index contributed by atoms with van der Waals surface area (Å²) in [5, 5.41) is 2.62. The van der Waals surface area contributed by atoms with Crippen LogP contribution in [0, 0.1) is 5.92 Å². The van der Waals surface area contributed by atoms with Crippen LogP contribution in [0.3, 0.4) is 0 Å². The number of amides is 1. The number of hydrogen-bond acceptors (Lipinski definition) is 6. The molecule has 1 fully saturated rings. The smallest absolute Gasteiger partial charge is 0.422 e. The molecule has 0 radical (unpaired) electrons. The summed E-state index contributed by atoms with van der Waals surface area (Å²) in [6.45, 7) is -0.855. The van der Waals surface area contributed by atoms with E-state index >= 15 is 0 Å². The quantitative estimate of drug-likeness (QED) is 0.443. The Morgan fingerprint density at radius 2 is 1.91 bits per heavy atom. The van der Waals surface area contributed by atoms with Crippen molar-refractivity contribution in [3.05, 3.63) is 60.0 Å². The van der Waals surface area contributed by atoms with Crippen molar-refractivity contribution in [2.75, 3.05) is 20.3 Å². The molecule has 3 aromatic rings. The lowest BCUT2D eigenvalue weighted by atomic mass is 10.2. The average molecular weight is 476 g/mol. The van der Waals surface area contributed by atoms with E-state index in [1.54, 1.807) is 25.3 Å². The van der Waals surface area contributed by atoms with E-state index < -0.39 is 18.7 Å². The van der Waals surface area contributed by atoms with Gasteiger partial charge in [-0.3, -0.25) is 4.79 Å². The first-order valence-corrected chi connectivity index (χ1v) is 10.6. The average Bonchev–Trinajstić information content (AvgIpc) is 3.54. The lowest BCUT2D eigenvalue weighted by molar-refractivity contribution is -0.153. The van der Waals surface area contributed by atoms with Crippen LogP contribution in [0.1, 0.15) is 28.9 Å². The largest absolute Gasteiger partial charge is 0.493 e. The zero-order chi connectivity index (χ0) is 24.1. The summed E-state index contributed by atoms with van der Waals surface area (Å²) in [6, 6.07) is 11.0. The Labute approximate surface area is 193 Å². The Kier molecular flexibility index (Phi) is 6.95. The highest BCUT2D eigenvalue weighted by atomic mass is 19.4. The summed E-state index contributed by atoms with van der Waals surface area (Å²) in [4.78, 5) is 16.9. The molecule has 1 heterocycles. The Bertz CT molecular complexity index is 1140. The summed E-state index contributed by atoms with van der Waals surface area (Å²) in [6.07, 6.45) is -0.785. The highest BCUT2D eigenvalue weighted by Gasteiger charge is 2.29. The van der Waals surface area contributed by atoms with E-state index in [0.717, 1.165) is 12.8 Å². The Morgan fingerprint density at radius 1 is 1.12 bits per heavy atom. The summed E-state index contributed by atoms with van der Waals surface area (Å²) < 4.78 is 59.0. The second kappa shape index (κ2) is 10.1. The van der Waals surface area contributed by atoms with Crippen molar-refractivity contribution < 1.29 is 36.6 Å². The van der Waals surface area contributed by atoms with Crippen molar-refractivity contribution in [2.24, 2.45) is 5.92 Å². The van der Waals surface area contributed by atoms with Gasteiger partial charge in [-0.2, -0.15) is 13.2 Å². The van der Waals surface area contributed by atoms with E-state index in [1.165, 1.54) is 30.5 Å². The molecule has 1 aromatic heterocycles. The number of aromatic nitrogens is 1. The first-order valence-electron chi connectivity index (χ1n) is 10.6. The van der Waals surface area contributed by atoms with Gasteiger partial charge in [0.25, 0.3) is 5.91 Å². The van der Waals surface area contributed by atoms with E-state index in [2.05, 4.69) is 10.3 Å². The van der Waals surface area contributed by atoms with Crippen LogP contribution >= 0.6 is 0 Å². The van der Waals surface area contributed by atoms with Crippen molar-refractivity contribution in [1.82, 2.24) is 10.3 Å². The van der Waals surface area contributed by atoms with Gasteiger partial charge in [-0.05, 0) is 49.1 Å². The minimum atomic E-state index is -4.51. The normalized spacial score (nSPS) is 13.4. The van der Waals surface area contributed by atoms with Crippen LogP contribution in [0.4, 0.5) is 13.2 Å². The minimum absolute atomic E-state index is 0.0110. The zero-order valence-electron chi connectivity index (χ0n) is 18.4. The second-order valence-corrected chi connectivity index (χ2v) is 7.85. The van der Waals surface area contributed by atoms with Crippen LogP contribution in [0.25, 0.3) is 11.5 Å². The molecule has 0 saturated heterocycles. The Balaban J connectivity index is 1.40. The summed E-state index contributed by atoms with van der Waals surface area (Å²) >= 11 is 0. The van der Waals surface area contributed by atoms with Crippen LogP contribution in [0.5, 0.6) is 17.2 Å². The monoisotopic (exact) mass is 476 g/mol. The molecule has 0 bridgehead atoms. The third kappa shape index (κ3) is 6.21. The molecule has 10 heteroatoms. The van der Waals surface area contributed by atoms with E-state index in [4.69, 9.17) is 18.6 Å². The van der Waals surface area contributed by atoms with Gasteiger partial charge >= 0.3 is 6.18 Å². The maximum atomic E-state index is 12.5. The molecule has 1 amide bonds. The fourth-order valence-corrected chi connectivity index (χ4v) is 3.14. The first-order chi connectivity index (χ1) is 16.3. The number of oxazole rings is 1. The molecule has 0 unspecified atom stereocenters. The number of nitrogens with one attached hydrogen (secondary N) is 1. The van der Waals surface area contributed by atoms with Gasteiger partial charge in [0.2, 0.25) is 5.89 Å². The maximum absolute atomic E-state index is 12.5. The van der Waals surface area contributed by atoms with Crippen LogP contribution in [0.2, 0.25) is 0 Å². The number of halogens is 3. The van der Waals surface area contributed by atoms with E-state index in [9.17, 15) is 18.0 Å². The van der Waals surface area contributed by atoms with Gasteiger partial charge in [-0.15, -0.1) is 0 Å². The van der Waals surface area contributed by atoms with Gasteiger partial charge in [-0.1, -0.05) is 12.1 Å². The van der Waals surface area contributed by atoms with Crippen molar-refractivity contribution in [1.29, 1.82) is 0 Å².